The van der Waals surface area contributed by atoms with Gasteiger partial charge in [0.25, 0.3) is 0 Å². The van der Waals surface area contributed by atoms with Gasteiger partial charge in [0.05, 0.1) is 6.61 Å². The van der Waals surface area contributed by atoms with E-state index in [0.717, 1.165) is 16.5 Å². The molecule has 1 heterocycles. The highest BCUT2D eigenvalue weighted by molar-refractivity contribution is 5.80. The van der Waals surface area contributed by atoms with Crippen molar-refractivity contribution in [1.29, 1.82) is 0 Å². The van der Waals surface area contributed by atoms with Gasteiger partial charge in [0, 0.05) is 11.5 Å². The summed E-state index contributed by atoms with van der Waals surface area (Å²) in [4.78, 5) is 11.1. The summed E-state index contributed by atoms with van der Waals surface area (Å²) in [6.07, 6.45) is 0. The van der Waals surface area contributed by atoms with Crippen molar-refractivity contribution in [2.45, 2.75) is 13.5 Å². The first-order chi connectivity index (χ1) is 6.70. The Balaban J connectivity index is 2.82. The van der Waals surface area contributed by atoms with Crippen molar-refractivity contribution in [3.8, 4) is 0 Å². The molecule has 1 aromatic heterocycles. The van der Waals surface area contributed by atoms with Gasteiger partial charge in [-0.15, -0.1) is 0 Å². The van der Waals surface area contributed by atoms with Gasteiger partial charge < -0.3 is 9.52 Å². The number of fused-ring (bicyclic) bond motifs is 1. The SMILES string of the molecule is Cc1cc(=O)oc2cc(CO)ccc12. The van der Waals surface area contributed by atoms with Crippen LogP contribution >= 0.6 is 0 Å². The van der Waals surface area contributed by atoms with Crippen LogP contribution in [0.4, 0.5) is 0 Å². The number of aliphatic hydroxyl groups excluding tert-OH is 1. The van der Waals surface area contributed by atoms with Gasteiger partial charge in [0.2, 0.25) is 0 Å². The molecule has 0 unspecified atom stereocenters. The highest BCUT2D eigenvalue weighted by Gasteiger charge is 2.02. The molecule has 0 atom stereocenters. The topological polar surface area (TPSA) is 50.4 Å². The second-order valence-corrected chi connectivity index (χ2v) is 3.24. The van der Waals surface area contributed by atoms with Crippen molar-refractivity contribution in [2.24, 2.45) is 0 Å². The third-order valence-corrected chi connectivity index (χ3v) is 2.20. The van der Waals surface area contributed by atoms with Crippen LogP contribution < -0.4 is 5.63 Å². The molecule has 2 aromatic rings. The Morgan fingerprint density at radius 2 is 2.14 bits per heavy atom. The van der Waals surface area contributed by atoms with Gasteiger partial charge in [0.15, 0.2) is 0 Å². The lowest BCUT2D eigenvalue weighted by atomic mass is 10.1. The van der Waals surface area contributed by atoms with Crippen molar-refractivity contribution in [2.75, 3.05) is 0 Å². The molecule has 0 aliphatic carbocycles. The molecule has 0 bridgehead atoms. The first-order valence-corrected chi connectivity index (χ1v) is 4.35. The van der Waals surface area contributed by atoms with Crippen molar-refractivity contribution in [3.63, 3.8) is 0 Å². The molecular formula is C11H10O3. The van der Waals surface area contributed by atoms with E-state index in [1.807, 2.05) is 19.1 Å². The minimum Gasteiger partial charge on any atom is -0.423 e. The monoisotopic (exact) mass is 190 g/mol. The summed E-state index contributed by atoms with van der Waals surface area (Å²) in [6.45, 7) is 1.81. The zero-order valence-electron chi connectivity index (χ0n) is 7.78. The van der Waals surface area contributed by atoms with E-state index in [0.29, 0.717) is 5.58 Å². The van der Waals surface area contributed by atoms with E-state index >= 15 is 0 Å². The fourth-order valence-electron chi connectivity index (χ4n) is 1.47. The molecule has 72 valence electrons. The molecule has 3 heteroatoms. The summed E-state index contributed by atoms with van der Waals surface area (Å²) in [7, 11) is 0. The highest BCUT2D eigenvalue weighted by atomic mass is 16.4. The summed E-state index contributed by atoms with van der Waals surface area (Å²) in [5, 5.41) is 9.82. The first kappa shape index (κ1) is 8.97. The number of hydrogen-bond donors (Lipinski definition) is 1. The lowest BCUT2D eigenvalue weighted by molar-refractivity contribution is 0.282. The van der Waals surface area contributed by atoms with Gasteiger partial charge in [-0.2, -0.15) is 0 Å². The van der Waals surface area contributed by atoms with E-state index in [4.69, 9.17) is 9.52 Å². The molecule has 0 amide bonds. The Labute approximate surface area is 80.6 Å². The minimum atomic E-state index is -0.356. The summed E-state index contributed by atoms with van der Waals surface area (Å²) >= 11 is 0. The maximum Gasteiger partial charge on any atom is 0.336 e. The third-order valence-electron chi connectivity index (χ3n) is 2.20. The summed E-state index contributed by atoms with van der Waals surface area (Å²) in [5.74, 6) is 0. The zero-order chi connectivity index (χ0) is 10.1. The molecule has 3 nitrogen and oxygen atoms in total. The molecule has 0 saturated carbocycles. The smallest absolute Gasteiger partial charge is 0.336 e. The Hall–Kier alpha value is -1.61. The van der Waals surface area contributed by atoms with Crippen molar-refractivity contribution in [3.05, 3.63) is 45.8 Å². The van der Waals surface area contributed by atoms with Crippen molar-refractivity contribution >= 4 is 11.0 Å². The Morgan fingerprint density at radius 1 is 1.36 bits per heavy atom. The maximum absolute atomic E-state index is 11.1. The van der Waals surface area contributed by atoms with Crippen LogP contribution in [0.1, 0.15) is 11.1 Å². The van der Waals surface area contributed by atoms with Gasteiger partial charge in [-0.05, 0) is 24.1 Å². The Kier molecular flexibility index (Phi) is 2.09. The van der Waals surface area contributed by atoms with Crippen LogP contribution in [-0.4, -0.2) is 5.11 Å². The first-order valence-electron chi connectivity index (χ1n) is 4.35. The molecule has 1 aromatic carbocycles. The van der Waals surface area contributed by atoms with Crippen molar-refractivity contribution in [1.82, 2.24) is 0 Å². The van der Waals surface area contributed by atoms with Crippen LogP contribution in [0, 0.1) is 6.92 Å². The predicted octanol–water partition coefficient (Wildman–Crippen LogP) is 1.59. The van der Waals surface area contributed by atoms with Gasteiger partial charge in [0.1, 0.15) is 5.58 Å². The largest absolute Gasteiger partial charge is 0.423 e. The van der Waals surface area contributed by atoms with Gasteiger partial charge in [-0.25, -0.2) is 4.79 Å². The van der Waals surface area contributed by atoms with E-state index in [-0.39, 0.29) is 12.2 Å². The fraction of sp³-hybridized carbons (Fsp3) is 0.182. The number of aliphatic hydroxyl groups is 1. The number of benzene rings is 1. The van der Waals surface area contributed by atoms with Gasteiger partial charge in [-0.3, -0.25) is 0 Å². The predicted molar refractivity (Wildman–Crippen MR) is 53.1 cm³/mol. The normalized spacial score (nSPS) is 10.7. The van der Waals surface area contributed by atoms with Crippen LogP contribution in [0.2, 0.25) is 0 Å². The van der Waals surface area contributed by atoms with Crippen LogP contribution in [0.15, 0.2) is 33.5 Å². The lowest BCUT2D eigenvalue weighted by Crippen LogP contribution is -1.98. The standard InChI is InChI=1S/C11H10O3/c1-7-4-11(13)14-10-5-8(6-12)2-3-9(7)10/h2-5,12H,6H2,1H3. The Morgan fingerprint density at radius 3 is 2.86 bits per heavy atom. The molecule has 0 radical (unpaired) electrons. The summed E-state index contributed by atoms with van der Waals surface area (Å²) in [6, 6.07) is 6.80. The molecule has 0 saturated heterocycles. The fourth-order valence-corrected chi connectivity index (χ4v) is 1.47. The van der Waals surface area contributed by atoms with Crippen LogP contribution in [0.5, 0.6) is 0 Å². The summed E-state index contributed by atoms with van der Waals surface area (Å²) < 4.78 is 5.02. The van der Waals surface area contributed by atoms with E-state index in [2.05, 4.69) is 0 Å². The lowest BCUT2D eigenvalue weighted by Gasteiger charge is -2.01. The van der Waals surface area contributed by atoms with Gasteiger partial charge in [-0.1, -0.05) is 12.1 Å². The average Bonchev–Trinajstić information content (AvgIpc) is 2.16. The second-order valence-electron chi connectivity index (χ2n) is 3.24. The molecule has 1 N–H and O–H groups in total. The van der Waals surface area contributed by atoms with Crippen LogP contribution in [0.25, 0.3) is 11.0 Å². The van der Waals surface area contributed by atoms with E-state index in [1.165, 1.54) is 6.07 Å². The molecule has 0 spiro atoms. The zero-order valence-corrected chi connectivity index (χ0v) is 7.78. The second kappa shape index (κ2) is 3.27. The van der Waals surface area contributed by atoms with Crippen LogP contribution in [-0.2, 0) is 6.61 Å². The van der Waals surface area contributed by atoms with E-state index < -0.39 is 0 Å². The molecule has 0 aliphatic rings. The Bertz CT molecular complexity index is 526. The molecule has 14 heavy (non-hydrogen) atoms. The number of rotatable bonds is 1. The number of aryl methyl sites for hydroxylation is 1. The minimum absolute atomic E-state index is 0.0480. The molecule has 0 fully saturated rings. The average molecular weight is 190 g/mol. The molecular weight excluding hydrogens is 180 g/mol. The molecule has 0 aliphatic heterocycles. The quantitative estimate of drug-likeness (QED) is 0.695. The van der Waals surface area contributed by atoms with Gasteiger partial charge >= 0.3 is 5.63 Å². The third kappa shape index (κ3) is 1.42. The van der Waals surface area contributed by atoms with Crippen LogP contribution in [0.3, 0.4) is 0 Å². The highest BCUT2D eigenvalue weighted by Crippen LogP contribution is 2.17. The van der Waals surface area contributed by atoms with E-state index in [1.54, 1.807) is 6.07 Å². The maximum atomic E-state index is 11.1. The number of hydrogen-bond acceptors (Lipinski definition) is 3. The molecule has 2 rings (SSSR count). The van der Waals surface area contributed by atoms with Crippen molar-refractivity contribution < 1.29 is 9.52 Å². The van der Waals surface area contributed by atoms with E-state index in [9.17, 15) is 4.79 Å². The summed E-state index contributed by atoms with van der Waals surface area (Å²) in [5.41, 5.74) is 1.80.